The molecule has 14 heavy (non-hydrogen) atoms. The Morgan fingerprint density at radius 1 is 1.29 bits per heavy atom. The van der Waals surface area contributed by atoms with Crippen LogP contribution in [0, 0.1) is 17.7 Å². The van der Waals surface area contributed by atoms with Gasteiger partial charge in [-0.2, -0.15) is 0 Å². The molecule has 2 saturated carbocycles. The van der Waals surface area contributed by atoms with Crippen LogP contribution in [0.5, 0.6) is 0 Å². The fourth-order valence-electron chi connectivity index (χ4n) is 3.80. The number of benzene rings is 1. The maximum Gasteiger partial charge on any atom is 0.123 e. The normalized spacial score (nSPS) is 47.7. The zero-order valence-electron chi connectivity index (χ0n) is 8.07. The number of hydrogen-bond donors (Lipinski definition) is 0. The Labute approximate surface area is 82.5 Å². The second kappa shape index (κ2) is 1.89. The van der Waals surface area contributed by atoms with E-state index in [1.165, 1.54) is 12.1 Å². The van der Waals surface area contributed by atoms with E-state index in [0.29, 0.717) is 5.41 Å². The molecule has 1 aromatic carbocycles. The second-order valence-corrected chi connectivity index (χ2v) is 5.00. The summed E-state index contributed by atoms with van der Waals surface area (Å²) in [7, 11) is 2.20. The summed E-state index contributed by atoms with van der Waals surface area (Å²) in [4.78, 5) is 2.46. The highest BCUT2D eigenvalue weighted by Gasteiger charge is 2.89. The summed E-state index contributed by atoms with van der Waals surface area (Å²) in [6.07, 6.45) is 0. The highest BCUT2D eigenvalue weighted by Crippen LogP contribution is 2.83. The summed E-state index contributed by atoms with van der Waals surface area (Å²) < 4.78 is 12.8. The number of rotatable bonds is 1. The average Bonchev–Trinajstić information content (AvgIpc) is 2.99. The van der Waals surface area contributed by atoms with Crippen molar-refractivity contribution in [2.75, 3.05) is 13.6 Å². The van der Waals surface area contributed by atoms with Crippen LogP contribution in [0.15, 0.2) is 24.3 Å². The first-order chi connectivity index (χ1) is 6.75. The van der Waals surface area contributed by atoms with Crippen molar-refractivity contribution in [3.63, 3.8) is 0 Å². The number of hydrogen-bond acceptors (Lipinski definition) is 1. The number of halogens is 1. The van der Waals surface area contributed by atoms with E-state index in [1.807, 2.05) is 12.1 Å². The van der Waals surface area contributed by atoms with Gasteiger partial charge in [0.2, 0.25) is 0 Å². The standard InChI is InChI=1S/C12H12FN/c1-14-6-12(9-10(12)11(9)14)7-2-4-8(13)5-3-7/h2-5,9-11H,6H2,1H3. The summed E-state index contributed by atoms with van der Waals surface area (Å²) in [6.45, 7) is 1.18. The Kier molecular flexibility index (Phi) is 1.00. The van der Waals surface area contributed by atoms with Crippen LogP contribution >= 0.6 is 0 Å². The first-order valence-electron chi connectivity index (χ1n) is 5.21. The van der Waals surface area contributed by atoms with E-state index >= 15 is 0 Å². The van der Waals surface area contributed by atoms with Gasteiger partial charge in [-0.25, -0.2) is 4.39 Å². The molecule has 2 atom stereocenters. The Morgan fingerprint density at radius 3 is 2.43 bits per heavy atom. The number of nitrogens with zero attached hydrogens (tertiary/aromatic N) is 1. The van der Waals surface area contributed by atoms with Crippen LogP contribution in [-0.4, -0.2) is 24.5 Å². The molecule has 0 N–H and O–H groups in total. The minimum Gasteiger partial charge on any atom is -0.302 e. The van der Waals surface area contributed by atoms with Crippen molar-refractivity contribution in [2.24, 2.45) is 11.8 Å². The van der Waals surface area contributed by atoms with Crippen LogP contribution in [0.1, 0.15) is 5.56 Å². The molecule has 5 rings (SSSR count). The number of piperidine rings is 1. The zero-order chi connectivity index (χ0) is 9.50. The lowest BCUT2D eigenvalue weighted by atomic mass is 9.88. The van der Waals surface area contributed by atoms with Crippen molar-refractivity contribution in [3.05, 3.63) is 35.6 Å². The average molecular weight is 189 g/mol. The van der Waals surface area contributed by atoms with Crippen molar-refractivity contribution < 1.29 is 4.39 Å². The van der Waals surface area contributed by atoms with E-state index in [0.717, 1.165) is 17.9 Å². The smallest absolute Gasteiger partial charge is 0.123 e. The number of fused-ring (bicyclic) bond motifs is 1. The van der Waals surface area contributed by atoms with E-state index in [2.05, 4.69) is 11.9 Å². The van der Waals surface area contributed by atoms with Gasteiger partial charge in [-0.15, -0.1) is 0 Å². The third-order valence-electron chi connectivity index (χ3n) is 4.46. The van der Waals surface area contributed by atoms with Gasteiger partial charge in [-0.05, 0) is 36.6 Å². The minimum atomic E-state index is -0.123. The minimum absolute atomic E-state index is 0.123. The maximum absolute atomic E-state index is 12.8. The number of likely N-dealkylation sites (N-methyl/N-ethyl adjacent to an activating group) is 1. The molecule has 0 spiro atoms. The van der Waals surface area contributed by atoms with Crippen LogP contribution in [0.25, 0.3) is 0 Å². The van der Waals surface area contributed by atoms with Gasteiger partial charge in [0.1, 0.15) is 5.82 Å². The summed E-state index contributed by atoms with van der Waals surface area (Å²) in [6, 6.07) is 7.99. The van der Waals surface area contributed by atoms with E-state index in [9.17, 15) is 4.39 Å². The SMILES string of the molecule is CN1CC2(c3ccc(F)cc3)C3C1C32. The molecule has 0 radical (unpaired) electrons. The molecule has 1 aromatic rings. The fourth-order valence-corrected chi connectivity index (χ4v) is 3.80. The second-order valence-electron chi connectivity index (χ2n) is 5.00. The summed E-state index contributed by atoms with van der Waals surface area (Å²) in [5, 5.41) is 0. The Hall–Kier alpha value is -0.890. The lowest BCUT2D eigenvalue weighted by Crippen LogP contribution is -2.17. The van der Waals surface area contributed by atoms with Crippen molar-refractivity contribution in [1.82, 2.24) is 4.90 Å². The van der Waals surface area contributed by atoms with Gasteiger partial charge in [0.15, 0.2) is 0 Å². The molecule has 2 aliphatic carbocycles. The van der Waals surface area contributed by atoms with Gasteiger partial charge in [0, 0.05) is 18.0 Å². The first kappa shape index (κ1) is 7.41. The Bertz CT molecular complexity index is 401. The molecule has 1 nitrogen and oxygen atoms in total. The van der Waals surface area contributed by atoms with Gasteiger partial charge in [-0.1, -0.05) is 12.1 Å². The lowest BCUT2D eigenvalue weighted by Gasteiger charge is -2.14. The molecule has 0 amide bonds. The zero-order valence-corrected chi connectivity index (χ0v) is 8.07. The Morgan fingerprint density at radius 2 is 1.93 bits per heavy atom. The van der Waals surface area contributed by atoms with E-state index in [-0.39, 0.29) is 5.82 Å². The van der Waals surface area contributed by atoms with Gasteiger partial charge >= 0.3 is 0 Å². The highest BCUT2D eigenvalue weighted by molar-refractivity contribution is 5.53. The molecule has 2 saturated heterocycles. The van der Waals surface area contributed by atoms with Crippen molar-refractivity contribution >= 4 is 0 Å². The quantitative estimate of drug-likeness (QED) is 0.649. The van der Waals surface area contributed by atoms with Crippen LogP contribution in [0.3, 0.4) is 0 Å². The molecule has 2 heterocycles. The largest absolute Gasteiger partial charge is 0.302 e. The van der Waals surface area contributed by atoms with Crippen LogP contribution in [0.2, 0.25) is 0 Å². The van der Waals surface area contributed by atoms with Crippen LogP contribution < -0.4 is 0 Å². The molecular formula is C12H12FN. The molecule has 2 unspecified atom stereocenters. The Balaban J connectivity index is 1.75. The fraction of sp³-hybridized carbons (Fsp3) is 0.500. The summed E-state index contributed by atoms with van der Waals surface area (Å²) in [5.74, 6) is 1.68. The third kappa shape index (κ3) is 0.584. The van der Waals surface area contributed by atoms with Gasteiger partial charge in [0.05, 0.1) is 0 Å². The molecule has 2 bridgehead atoms. The monoisotopic (exact) mass is 189 g/mol. The maximum atomic E-state index is 12.8. The van der Waals surface area contributed by atoms with Gasteiger partial charge < -0.3 is 4.90 Å². The molecule has 4 aliphatic rings. The highest BCUT2D eigenvalue weighted by atomic mass is 19.1. The first-order valence-corrected chi connectivity index (χ1v) is 5.21. The summed E-state index contributed by atoms with van der Waals surface area (Å²) >= 11 is 0. The van der Waals surface area contributed by atoms with Gasteiger partial charge in [-0.3, -0.25) is 0 Å². The van der Waals surface area contributed by atoms with Crippen molar-refractivity contribution in [1.29, 1.82) is 0 Å². The van der Waals surface area contributed by atoms with E-state index < -0.39 is 0 Å². The molecule has 0 aromatic heterocycles. The van der Waals surface area contributed by atoms with Crippen LogP contribution in [0.4, 0.5) is 4.39 Å². The molecule has 2 aliphatic heterocycles. The lowest BCUT2D eigenvalue weighted by molar-refractivity contribution is 0.394. The van der Waals surface area contributed by atoms with E-state index in [4.69, 9.17) is 0 Å². The predicted octanol–water partition coefficient (Wildman–Crippen LogP) is 1.64. The van der Waals surface area contributed by atoms with Crippen molar-refractivity contribution in [2.45, 2.75) is 11.5 Å². The predicted molar refractivity (Wildman–Crippen MR) is 51.5 cm³/mol. The molecule has 2 heteroatoms. The molecule has 72 valence electrons. The third-order valence-corrected chi connectivity index (χ3v) is 4.46. The molecule has 4 fully saturated rings. The molecular weight excluding hydrogens is 177 g/mol. The van der Waals surface area contributed by atoms with Crippen molar-refractivity contribution in [3.8, 4) is 0 Å². The van der Waals surface area contributed by atoms with E-state index in [1.54, 1.807) is 12.1 Å². The summed E-state index contributed by atoms with van der Waals surface area (Å²) in [5.41, 5.74) is 1.79. The van der Waals surface area contributed by atoms with Gasteiger partial charge in [0.25, 0.3) is 0 Å². The van der Waals surface area contributed by atoms with Crippen LogP contribution in [-0.2, 0) is 5.41 Å². The topological polar surface area (TPSA) is 3.24 Å².